The van der Waals surface area contributed by atoms with Crippen molar-refractivity contribution in [2.24, 2.45) is 0 Å². The van der Waals surface area contributed by atoms with Gasteiger partial charge in [-0.1, -0.05) is 30.3 Å². The number of hydrogen-bond donors (Lipinski definition) is 2. The normalized spacial score (nSPS) is 11.6. The molecule has 6 heteroatoms. The molecule has 0 saturated carbocycles. The standard InChI is InChI=1S/C16H17NO4S/c1-20-12-8-9-13(21-2)14(10-12)22-15(16(18)17-19)11-6-4-3-5-7-11/h3-10,15,19H,1-2H3,(H,17,18). The molecule has 0 bridgehead atoms. The van der Waals surface area contributed by atoms with Crippen molar-refractivity contribution in [2.45, 2.75) is 10.1 Å². The van der Waals surface area contributed by atoms with E-state index in [9.17, 15) is 4.79 Å². The van der Waals surface area contributed by atoms with Crippen molar-refractivity contribution in [3.05, 3.63) is 54.1 Å². The molecule has 1 unspecified atom stereocenters. The number of rotatable bonds is 6. The van der Waals surface area contributed by atoms with Crippen molar-refractivity contribution in [1.29, 1.82) is 0 Å². The molecule has 2 rings (SSSR count). The summed E-state index contributed by atoms with van der Waals surface area (Å²) >= 11 is 1.28. The molecule has 0 radical (unpaired) electrons. The summed E-state index contributed by atoms with van der Waals surface area (Å²) in [7, 11) is 3.14. The lowest BCUT2D eigenvalue weighted by molar-refractivity contribution is -0.128. The Bertz CT molecular complexity index is 633. The molecule has 0 aliphatic rings. The van der Waals surface area contributed by atoms with Gasteiger partial charge in [-0.15, -0.1) is 11.8 Å². The smallest absolute Gasteiger partial charge is 0.261 e. The number of thioether (sulfide) groups is 1. The molecule has 0 spiro atoms. The second-order valence-electron chi connectivity index (χ2n) is 4.40. The molecular weight excluding hydrogens is 302 g/mol. The molecule has 22 heavy (non-hydrogen) atoms. The summed E-state index contributed by atoms with van der Waals surface area (Å²) in [5.41, 5.74) is 2.50. The molecule has 0 aromatic heterocycles. The summed E-state index contributed by atoms with van der Waals surface area (Å²) in [6.45, 7) is 0. The third kappa shape index (κ3) is 3.72. The quantitative estimate of drug-likeness (QED) is 0.487. The first-order valence-corrected chi connectivity index (χ1v) is 7.45. The summed E-state index contributed by atoms with van der Waals surface area (Å²) < 4.78 is 10.5. The monoisotopic (exact) mass is 319 g/mol. The Morgan fingerprint density at radius 1 is 1.14 bits per heavy atom. The minimum Gasteiger partial charge on any atom is -0.497 e. The largest absolute Gasteiger partial charge is 0.497 e. The SMILES string of the molecule is COc1ccc(OC)c(SC(C(=O)NO)c2ccccc2)c1. The highest BCUT2D eigenvalue weighted by molar-refractivity contribution is 8.00. The van der Waals surface area contributed by atoms with Crippen molar-refractivity contribution in [3.8, 4) is 11.5 Å². The van der Waals surface area contributed by atoms with Crippen molar-refractivity contribution in [3.63, 3.8) is 0 Å². The van der Waals surface area contributed by atoms with E-state index < -0.39 is 11.2 Å². The van der Waals surface area contributed by atoms with Gasteiger partial charge in [0, 0.05) is 0 Å². The number of amides is 1. The second kappa shape index (κ2) is 7.72. The lowest BCUT2D eigenvalue weighted by Gasteiger charge is -2.17. The first-order chi connectivity index (χ1) is 10.7. The van der Waals surface area contributed by atoms with Gasteiger partial charge in [0.1, 0.15) is 16.7 Å². The highest BCUT2D eigenvalue weighted by Gasteiger charge is 2.23. The summed E-state index contributed by atoms with van der Waals surface area (Å²) in [5.74, 6) is 0.804. The van der Waals surface area contributed by atoms with Gasteiger partial charge in [0.25, 0.3) is 5.91 Å². The second-order valence-corrected chi connectivity index (χ2v) is 5.55. The van der Waals surface area contributed by atoms with Crippen LogP contribution in [0, 0.1) is 0 Å². The Labute approximate surface area is 133 Å². The highest BCUT2D eigenvalue weighted by Crippen LogP contribution is 2.41. The van der Waals surface area contributed by atoms with E-state index in [0.717, 1.165) is 10.5 Å². The predicted octanol–water partition coefficient (Wildman–Crippen LogP) is 3.04. The highest BCUT2D eigenvalue weighted by atomic mass is 32.2. The van der Waals surface area contributed by atoms with Crippen LogP contribution in [0.5, 0.6) is 11.5 Å². The molecular formula is C16H17NO4S. The van der Waals surface area contributed by atoms with E-state index in [1.807, 2.05) is 30.3 Å². The number of carbonyl (C=O) groups is 1. The van der Waals surface area contributed by atoms with Crippen LogP contribution in [0.1, 0.15) is 10.8 Å². The lowest BCUT2D eigenvalue weighted by atomic mass is 10.1. The number of methoxy groups -OCH3 is 2. The average Bonchev–Trinajstić information content (AvgIpc) is 2.59. The molecule has 0 aliphatic carbocycles. The van der Waals surface area contributed by atoms with E-state index in [2.05, 4.69) is 0 Å². The van der Waals surface area contributed by atoms with E-state index in [1.54, 1.807) is 37.9 Å². The Morgan fingerprint density at radius 2 is 1.86 bits per heavy atom. The summed E-state index contributed by atoms with van der Waals surface area (Å²) in [6.07, 6.45) is 0. The minimum absolute atomic E-state index is 0.499. The number of ether oxygens (including phenoxy) is 2. The van der Waals surface area contributed by atoms with Crippen LogP contribution in [0.3, 0.4) is 0 Å². The first kappa shape index (κ1) is 16.2. The summed E-state index contributed by atoms with van der Waals surface area (Å²) in [4.78, 5) is 12.8. The van der Waals surface area contributed by atoms with E-state index in [0.29, 0.717) is 11.5 Å². The van der Waals surface area contributed by atoms with E-state index >= 15 is 0 Å². The lowest BCUT2D eigenvalue weighted by Crippen LogP contribution is -2.24. The Hall–Kier alpha value is -2.18. The zero-order valence-electron chi connectivity index (χ0n) is 12.3. The molecule has 1 amide bonds. The van der Waals surface area contributed by atoms with Crippen LogP contribution in [0.4, 0.5) is 0 Å². The van der Waals surface area contributed by atoms with Crippen LogP contribution in [-0.2, 0) is 4.79 Å². The minimum atomic E-state index is -0.604. The van der Waals surface area contributed by atoms with Gasteiger partial charge in [-0.2, -0.15) is 0 Å². The van der Waals surface area contributed by atoms with E-state index in [4.69, 9.17) is 14.7 Å². The molecule has 2 aromatic carbocycles. The van der Waals surface area contributed by atoms with Gasteiger partial charge in [-0.05, 0) is 23.8 Å². The molecule has 0 aliphatic heterocycles. The van der Waals surface area contributed by atoms with Crippen LogP contribution in [0.25, 0.3) is 0 Å². The topological polar surface area (TPSA) is 67.8 Å². The zero-order chi connectivity index (χ0) is 15.9. The molecule has 2 aromatic rings. The van der Waals surface area contributed by atoms with Gasteiger partial charge in [0.2, 0.25) is 0 Å². The first-order valence-electron chi connectivity index (χ1n) is 6.57. The van der Waals surface area contributed by atoms with Crippen molar-refractivity contribution < 1.29 is 19.5 Å². The van der Waals surface area contributed by atoms with Crippen LogP contribution >= 0.6 is 11.8 Å². The Kier molecular flexibility index (Phi) is 5.68. The van der Waals surface area contributed by atoms with Gasteiger partial charge >= 0.3 is 0 Å². The van der Waals surface area contributed by atoms with Crippen molar-refractivity contribution in [2.75, 3.05) is 14.2 Å². The molecule has 0 saturated heterocycles. The maximum absolute atomic E-state index is 12.0. The van der Waals surface area contributed by atoms with Gasteiger partial charge in [0.15, 0.2) is 0 Å². The van der Waals surface area contributed by atoms with Crippen LogP contribution in [0.2, 0.25) is 0 Å². The van der Waals surface area contributed by atoms with Crippen LogP contribution < -0.4 is 15.0 Å². The van der Waals surface area contributed by atoms with Crippen molar-refractivity contribution >= 4 is 17.7 Å². The fourth-order valence-corrected chi connectivity index (χ4v) is 3.12. The van der Waals surface area contributed by atoms with Gasteiger partial charge < -0.3 is 9.47 Å². The molecule has 0 fully saturated rings. The third-order valence-corrected chi connectivity index (χ3v) is 4.36. The van der Waals surface area contributed by atoms with Crippen LogP contribution in [-0.4, -0.2) is 25.3 Å². The third-order valence-electron chi connectivity index (χ3n) is 3.07. The van der Waals surface area contributed by atoms with Crippen molar-refractivity contribution in [1.82, 2.24) is 5.48 Å². The number of nitrogens with one attached hydrogen (secondary N) is 1. The number of hydroxylamine groups is 1. The molecule has 0 heterocycles. The fourth-order valence-electron chi connectivity index (χ4n) is 1.96. The fraction of sp³-hybridized carbons (Fsp3) is 0.188. The number of benzene rings is 2. The Balaban J connectivity index is 2.37. The van der Waals surface area contributed by atoms with E-state index in [1.165, 1.54) is 11.8 Å². The van der Waals surface area contributed by atoms with Crippen LogP contribution in [0.15, 0.2) is 53.4 Å². The molecule has 2 N–H and O–H groups in total. The summed E-state index contributed by atoms with van der Waals surface area (Å²) in [6, 6.07) is 14.6. The number of hydrogen-bond acceptors (Lipinski definition) is 5. The molecule has 5 nitrogen and oxygen atoms in total. The predicted molar refractivity (Wildman–Crippen MR) is 84.5 cm³/mol. The average molecular weight is 319 g/mol. The van der Waals surface area contributed by atoms with Gasteiger partial charge in [0.05, 0.1) is 19.1 Å². The summed E-state index contributed by atoms with van der Waals surface area (Å²) in [5, 5.41) is 8.40. The van der Waals surface area contributed by atoms with Gasteiger partial charge in [-0.25, -0.2) is 5.48 Å². The Morgan fingerprint density at radius 3 is 2.45 bits per heavy atom. The maximum Gasteiger partial charge on any atom is 0.261 e. The molecule has 1 atom stereocenters. The van der Waals surface area contributed by atoms with E-state index in [-0.39, 0.29) is 0 Å². The maximum atomic E-state index is 12.0. The molecule has 116 valence electrons. The van der Waals surface area contributed by atoms with Gasteiger partial charge in [-0.3, -0.25) is 10.0 Å². The zero-order valence-corrected chi connectivity index (χ0v) is 13.1. The number of carbonyl (C=O) groups excluding carboxylic acids is 1.